The zero-order chi connectivity index (χ0) is 33.5. The van der Waals surface area contributed by atoms with Crippen LogP contribution in [-0.4, -0.2) is 101 Å². The number of carbonyl (C=O) groups excluding carboxylic acids is 4. The molecular formula is C18H18F12IN2NaO8S. The van der Waals surface area contributed by atoms with Crippen molar-refractivity contribution in [3.63, 3.8) is 0 Å². The molecule has 25 heteroatoms. The van der Waals surface area contributed by atoms with Crippen molar-refractivity contribution in [3.8, 4) is 0 Å². The van der Waals surface area contributed by atoms with E-state index in [0.29, 0.717) is 0 Å². The minimum atomic E-state index is -7.21. The molecule has 1 heterocycles. The van der Waals surface area contributed by atoms with Crippen LogP contribution in [0.5, 0.6) is 0 Å². The van der Waals surface area contributed by atoms with Gasteiger partial charge in [0.25, 0.3) is 11.8 Å². The second kappa shape index (κ2) is 17.0. The molecule has 0 aromatic heterocycles. The van der Waals surface area contributed by atoms with Gasteiger partial charge in [-0.2, -0.15) is 35.1 Å². The Kier molecular flexibility index (Phi) is 17.4. The van der Waals surface area contributed by atoms with Crippen LogP contribution in [0.2, 0.25) is 0 Å². The summed E-state index contributed by atoms with van der Waals surface area (Å²) in [6.45, 7) is -1.54. The van der Waals surface area contributed by atoms with Crippen LogP contribution < -0.4 is 34.9 Å². The summed E-state index contributed by atoms with van der Waals surface area (Å²) in [5.41, 5.74) is 0. The van der Waals surface area contributed by atoms with E-state index in [4.69, 9.17) is 0 Å². The van der Waals surface area contributed by atoms with Gasteiger partial charge in [0.05, 0.1) is 23.9 Å². The summed E-state index contributed by atoms with van der Waals surface area (Å²) >= 11 is 1.60. The van der Waals surface area contributed by atoms with E-state index in [-0.39, 0.29) is 39.0 Å². The van der Waals surface area contributed by atoms with Crippen molar-refractivity contribution in [1.29, 1.82) is 0 Å². The monoisotopic (exact) mass is 800 g/mol. The van der Waals surface area contributed by atoms with Gasteiger partial charge < -0.3 is 14.7 Å². The molecule has 0 saturated carbocycles. The molecule has 2 atom stereocenters. The number of hydrogen-bond donors (Lipinski definition) is 1. The van der Waals surface area contributed by atoms with Crippen molar-refractivity contribution in [2.45, 2.75) is 67.2 Å². The van der Waals surface area contributed by atoms with E-state index >= 15 is 0 Å². The minimum absolute atomic E-state index is 0. The quantitative estimate of drug-likeness (QED) is 0.0489. The van der Waals surface area contributed by atoms with Crippen LogP contribution in [-0.2, 0) is 34.1 Å². The van der Waals surface area contributed by atoms with Crippen molar-refractivity contribution >= 4 is 56.4 Å². The molecule has 0 aromatic carbocycles. The summed E-state index contributed by atoms with van der Waals surface area (Å²) in [6, 6.07) is 0. The number of imide groups is 1. The first kappa shape index (κ1) is 44.0. The van der Waals surface area contributed by atoms with Gasteiger partial charge in [-0.05, 0) is 12.8 Å². The molecule has 2 unspecified atom stereocenters. The molecule has 1 aliphatic heterocycles. The number of halogens is 13. The van der Waals surface area contributed by atoms with Crippen LogP contribution in [0.3, 0.4) is 0 Å². The van der Waals surface area contributed by atoms with Gasteiger partial charge in [0.2, 0.25) is 5.91 Å². The molecule has 0 aromatic rings. The predicted octanol–water partition coefficient (Wildman–Crippen LogP) is -0.0569. The third kappa shape index (κ3) is 10.7. The molecule has 0 bridgehead atoms. The molecule has 10 nitrogen and oxygen atoms in total. The minimum Gasteiger partial charge on any atom is -0.747 e. The fourth-order valence-electron chi connectivity index (χ4n) is 2.62. The first-order valence-corrected chi connectivity index (χ1v) is 13.7. The zero-order valence-corrected chi connectivity index (χ0v) is 26.2. The van der Waals surface area contributed by atoms with Gasteiger partial charge >= 0.3 is 65.6 Å². The molecule has 1 rings (SSSR count). The number of alkyl halides is 13. The van der Waals surface area contributed by atoms with E-state index in [1.165, 1.54) is 0 Å². The van der Waals surface area contributed by atoms with Crippen molar-refractivity contribution in [2.75, 3.05) is 17.6 Å². The molecule has 246 valence electrons. The van der Waals surface area contributed by atoms with E-state index in [9.17, 15) is 84.8 Å². The Labute approximate surface area is 269 Å². The molecule has 1 N–H and O–H groups in total. The molecule has 1 fully saturated rings. The number of rotatable bonds is 14. The van der Waals surface area contributed by atoms with Crippen molar-refractivity contribution < 1.29 is 119 Å². The Balaban J connectivity index is 0. The SMILES string of the molecule is O=C(CCF)ON1C(=O)CC(S(=O)(=O)[O-])C1=O.O=C(CI)NCCCC(F)C(F)(F)C(F)(F)C(F)(F)C(F)(F)C(F)F.[Na+]. The maximum Gasteiger partial charge on any atom is 1.00 e. The first-order valence-electron chi connectivity index (χ1n) is 10.7. The molecule has 0 radical (unpaired) electrons. The number of nitrogens with zero attached hydrogens (tertiary/aromatic N) is 1. The summed E-state index contributed by atoms with van der Waals surface area (Å²) in [7, 11) is -4.99. The summed E-state index contributed by atoms with van der Waals surface area (Å²) in [4.78, 5) is 48.1. The second-order valence-corrected chi connectivity index (χ2v) is 10.2. The summed E-state index contributed by atoms with van der Waals surface area (Å²) in [5.74, 6) is -31.9. The normalized spacial score (nSPS) is 17.2. The number of hydroxylamine groups is 2. The zero-order valence-electron chi connectivity index (χ0n) is 21.2. The standard InChI is InChI=1S/C11H11F11INO.C7H8FNO7S.Na/c12-5(2-1-3-24-6(25)4-23)8(15,16)10(19,20)11(21,22)9(17,18)7(13)14;8-2-1-6(11)16-9-5(10)3-4(7(9)12)17(13,14)15;/h5,7H,1-4H2,(H,24,25);4H,1-3H2,(H,13,14,15);/q;;+1/p-1. The van der Waals surface area contributed by atoms with Crippen LogP contribution in [0.25, 0.3) is 0 Å². The fraction of sp³-hybridized carbons (Fsp3) is 0.778. The molecular weight excluding hydrogens is 782 g/mol. The maximum atomic E-state index is 13.3. The van der Waals surface area contributed by atoms with Crippen molar-refractivity contribution in [1.82, 2.24) is 10.4 Å². The van der Waals surface area contributed by atoms with E-state index in [1.807, 2.05) is 5.32 Å². The van der Waals surface area contributed by atoms with Crippen molar-refractivity contribution in [2.24, 2.45) is 0 Å². The second-order valence-electron chi connectivity index (χ2n) is 7.90. The van der Waals surface area contributed by atoms with Gasteiger partial charge in [0.1, 0.15) is 15.4 Å². The van der Waals surface area contributed by atoms with Gasteiger partial charge in [0, 0.05) is 6.54 Å². The van der Waals surface area contributed by atoms with Crippen molar-refractivity contribution in [3.05, 3.63) is 0 Å². The Morgan fingerprint density at radius 2 is 1.51 bits per heavy atom. The van der Waals surface area contributed by atoms with Gasteiger partial charge in [0.15, 0.2) is 6.17 Å². The van der Waals surface area contributed by atoms with Crippen LogP contribution in [0.1, 0.15) is 25.7 Å². The van der Waals surface area contributed by atoms with Crippen LogP contribution >= 0.6 is 22.6 Å². The largest absolute Gasteiger partial charge is 1.00 e. The average Bonchev–Trinajstić information content (AvgIpc) is 3.15. The van der Waals surface area contributed by atoms with Crippen LogP contribution in [0.4, 0.5) is 52.7 Å². The third-order valence-electron chi connectivity index (χ3n) is 4.88. The number of carbonyl (C=O) groups is 4. The molecule has 1 aliphatic rings. The maximum absolute atomic E-state index is 13.3. The van der Waals surface area contributed by atoms with Gasteiger partial charge in [-0.15, -0.1) is 5.06 Å². The number of amides is 3. The van der Waals surface area contributed by atoms with Gasteiger partial charge in [-0.3, -0.25) is 18.8 Å². The third-order valence-corrected chi connectivity index (χ3v) is 6.64. The Morgan fingerprint density at radius 3 is 1.91 bits per heavy atom. The molecule has 3 amide bonds. The summed E-state index contributed by atoms with van der Waals surface area (Å²) in [5, 5.41) is -0.168. The number of nitrogens with one attached hydrogen (secondary N) is 1. The van der Waals surface area contributed by atoms with Gasteiger partial charge in [-0.1, -0.05) is 22.6 Å². The Morgan fingerprint density at radius 1 is 1.02 bits per heavy atom. The van der Waals surface area contributed by atoms with Crippen LogP contribution in [0, 0.1) is 0 Å². The Hall–Kier alpha value is -1.12. The fourth-order valence-corrected chi connectivity index (χ4v) is 3.58. The van der Waals surface area contributed by atoms with E-state index < -0.39 is 114 Å². The first-order chi connectivity index (χ1) is 18.8. The van der Waals surface area contributed by atoms with E-state index in [2.05, 4.69) is 4.84 Å². The smallest absolute Gasteiger partial charge is 0.747 e. The number of hydrogen-bond acceptors (Lipinski definition) is 8. The topological polar surface area (TPSA) is 150 Å². The molecule has 0 spiro atoms. The van der Waals surface area contributed by atoms with Crippen LogP contribution in [0.15, 0.2) is 0 Å². The molecule has 1 saturated heterocycles. The Bertz CT molecular complexity index is 1100. The summed E-state index contributed by atoms with van der Waals surface area (Å²) in [6.07, 6.45) is -13.2. The van der Waals surface area contributed by atoms with Gasteiger partial charge in [-0.25, -0.2) is 26.4 Å². The summed E-state index contributed by atoms with van der Waals surface area (Å²) < 4.78 is 184. The predicted molar refractivity (Wildman–Crippen MR) is 118 cm³/mol. The average molecular weight is 800 g/mol. The molecule has 0 aliphatic carbocycles. The van der Waals surface area contributed by atoms with E-state index in [0.717, 1.165) is 0 Å². The molecule has 43 heavy (non-hydrogen) atoms. The van der Waals surface area contributed by atoms with E-state index in [1.54, 1.807) is 22.6 Å².